The molecule has 0 unspecified atom stereocenters. The molecule has 0 bridgehead atoms. The van der Waals surface area contributed by atoms with Crippen molar-refractivity contribution in [2.75, 3.05) is 13.7 Å². The first-order valence-electron chi connectivity index (χ1n) is 7.38. The van der Waals surface area contributed by atoms with Crippen LogP contribution in [0.2, 0.25) is 0 Å². The Morgan fingerprint density at radius 3 is 2.33 bits per heavy atom. The topological polar surface area (TPSA) is 29.5 Å². The zero-order chi connectivity index (χ0) is 17.6. The molecule has 0 aromatic heterocycles. The molecular formula is C18H18F3NO2. The van der Waals surface area contributed by atoms with Gasteiger partial charge in [0.05, 0.1) is 12.2 Å². The lowest BCUT2D eigenvalue weighted by atomic mass is 10.1. The number of benzene rings is 2. The quantitative estimate of drug-likeness (QED) is 0.801. The van der Waals surface area contributed by atoms with Gasteiger partial charge in [0.15, 0.2) is 0 Å². The minimum absolute atomic E-state index is 0.0592. The zero-order valence-electron chi connectivity index (χ0n) is 13.2. The number of likely N-dealkylation sites (N-methyl/N-ethyl adjacent to an activating group) is 1. The second-order valence-corrected chi connectivity index (χ2v) is 5.38. The van der Waals surface area contributed by atoms with Gasteiger partial charge in [0.1, 0.15) is 6.61 Å². The Morgan fingerprint density at radius 1 is 1.04 bits per heavy atom. The van der Waals surface area contributed by atoms with Gasteiger partial charge in [-0.1, -0.05) is 48.5 Å². The third kappa shape index (κ3) is 5.09. The SMILES string of the molecule is CN(Cc1ccccc1C(F)(F)F)C(=O)COCc1ccccc1. The number of halogens is 3. The van der Waals surface area contributed by atoms with Gasteiger partial charge < -0.3 is 9.64 Å². The lowest BCUT2D eigenvalue weighted by molar-refractivity contribution is -0.140. The number of hydrogen-bond donors (Lipinski definition) is 0. The summed E-state index contributed by atoms with van der Waals surface area (Å²) in [4.78, 5) is 13.2. The van der Waals surface area contributed by atoms with E-state index in [1.807, 2.05) is 30.3 Å². The molecule has 6 heteroatoms. The maximum atomic E-state index is 13.0. The van der Waals surface area contributed by atoms with Crippen LogP contribution >= 0.6 is 0 Å². The normalized spacial score (nSPS) is 11.3. The van der Waals surface area contributed by atoms with Crippen molar-refractivity contribution in [3.8, 4) is 0 Å². The van der Waals surface area contributed by atoms with Crippen molar-refractivity contribution in [1.29, 1.82) is 0 Å². The molecule has 0 saturated heterocycles. The highest BCUT2D eigenvalue weighted by molar-refractivity contribution is 5.77. The summed E-state index contributed by atoms with van der Waals surface area (Å²) in [5.74, 6) is -0.372. The smallest absolute Gasteiger partial charge is 0.367 e. The predicted molar refractivity (Wildman–Crippen MR) is 84.0 cm³/mol. The molecule has 0 saturated carbocycles. The van der Waals surface area contributed by atoms with Crippen LogP contribution in [0.15, 0.2) is 54.6 Å². The summed E-state index contributed by atoms with van der Waals surface area (Å²) in [6.45, 7) is -0.0254. The maximum Gasteiger partial charge on any atom is 0.416 e. The fourth-order valence-corrected chi connectivity index (χ4v) is 2.22. The van der Waals surface area contributed by atoms with Gasteiger partial charge in [0.2, 0.25) is 5.91 Å². The average molecular weight is 337 g/mol. The molecule has 0 spiro atoms. The minimum Gasteiger partial charge on any atom is -0.367 e. The first-order valence-corrected chi connectivity index (χ1v) is 7.38. The molecule has 24 heavy (non-hydrogen) atoms. The largest absolute Gasteiger partial charge is 0.416 e. The molecule has 0 atom stereocenters. The average Bonchev–Trinajstić information content (AvgIpc) is 2.55. The molecule has 2 aromatic rings. The molecular weight excluding hydrogens is 319 g/mol. The van der Waals surface area contributed by atoms with Gasteiger partial charge in [0, 0.05) is 13.6 Å². The third-order valence-corrected chi connectivity index (χ3v) is 3.49. The van der Waals surface area contributed by atoms with Crippen LogP contribution in [0, 0.1) is 0 Å². The van der Waals surface area contributed by atoms with E-state index in [4.69, 9.17) is 4.74 Å². The molecule has 1 amide bonds. The Balaban J connectivity index is 1.90. The fourth-order valence-electron chi connectivity index (χ4n) is 2.22. The van der Waals surface area contributed by atoms with Crippen molar-refractivity contribution in [3.05, 3.63) is 71.3 Å². The molecule has 0 aliphatic rings. The number of alkyl halides is 3. The van der Waals surface area contributed by atoms with Crippen LogP contribution in [0.3, 0.4) is 0 Å². The number of carbonyl (C=O) groups is 1. The Labute approximate surface area is 138 Å². The van der Waals surface area contributed by atoms with E-state index in [9.17, 15) is 18.0 Å². The van der Waals surface area contributed by atoms with Crippen molar-refractivity contribution in [2.45, 2.75) is 19.3 Å². The Kier molecular flexibility index (Phi) is 5.98. The maximum absolute atomic E-state index is 13.0. The number of carbonyl (C=O) groups excluding carboxylic acids is 1. The van der Waals surface area contributed by atoms with E-state index < -0.39 is 11.7 Å². The van der Waals surface area contributed by atoms with Crippen LogP contribution in [-0.2, 0) is 28.9 Å². The fraction of sp³-hybridized carbons (Fsp3) is 0.278. The Morgan fingerprint density at radius 2 is 1.67 bits per heavy atom. The minimum atomic E-state index is -4.44. The van der Waals surface area contributed by atoms with Crippen molar-refractivity contribution in [3.63, 3.8) is 0 Å². The van der Waals surface area contributed by atoms with Gasteiger partial charge in [-0.3, -0.25) is 4.79 Å². The summed E-state index contributed by atoms with van der Waals surface area (Å²) in [6.07, 6.45) is -4.44. The molecule has 0 heterocycles. The lowest BCUT2D eigenvalue weighted by Crippen LogP contribution is -2.30. The second kappa shape index (κ2) is 7.97. The summed E-state index contributed by atoms with van der Waals surface area (Å²) in [6, 6.07) is 14.6. The molecule has 0 N–H and O–H groups in total. The summed E-state index contributed by atoms with van der Waals surface area (Å²) in [5.41, 5.74) is 0.258. The van der Waals surface area contributed by atoms with Crippen LogP contribution in [0.5, 0.6) is 0 Å². The van der Waals surface area contributed by atoms with Gasteiger partial charge in [-0.15, -0.1) is 0 Å². The first kappa shape index (κ1) is 18.0. The van der Waals surface area contributed by atoms with Crippen molar-refractivity contribution in [1.82, 2.24) is 4.90 Å². The lowest BCUT2D eigenvalue weighted by Gasteiger charge is -2.20. The summed E-state index contributed by atoms with van der Waals surface area (Å²) in [5, 5.41) is 0. The van der Waals surface area contributed by atoms with E-state index >= 15 is 0 Å². The Bertz CT molecular complexity index is 671. The molecule has 0 fully saturated rings. The van der Waals surface area contributed by atoms with Crippen LogP contribution in [0.1, 0.15) is 16.7 Å². The van der Waals surface area contributed by atoms with Gasteiger partial charge >= 0.3 is 6.18 Å². The highest BCUT2D eigenvalue weighted by Gasteiger charge is 2.33. The number of rotatable bonds is 6. The van der Waals surface area contributed by atoms with Crippen molar-refractivity contribution in [2.24, 2.45) is 0 Å². The Hall–Kier alpha value is -2.34. The van der Waals surface area contributed by atoms with Crippen molar-refractivity contribution >= 4 is 5.91 Å². The van der Waals surface area contributed by atoms with Crippen LogP contribution in [0.25, 0.3) is 0 Å². The zero-order valence-corrected chi connectivity index (χ0v) is 13.2. The summed E-state index contributed by atoms with van der Waals surface area (Å²) >= 11 is 0. The predicted octanol–water partition coefficient (Wildman–Crippen LogP) is 3.88. The molecule has 0 aliphatic carbocycles. The van der Waals surface area contributed by atoms with Crippen LogP contribution in [0.4, 0.5) is 13.2 Å². The van der Waals surface area contributed by atoms with Crippen LogP contribution in [-0.4, -0.2) is 24.5 Å². The van der Waals surface area contributed by atoms with Crippen molar-refractivity contribution < 1.29 is 22.7 Å². The monoisotopic (exact) mass is 337 g/mol. The van der Waals surface area contributed by atoms with Gasteiger partial charge in [-0.2, -0.15) is 13.2 Å². The van der Waals surface area contributed by atoms with E-state index in [2.05, 4.69) is 0 Å². The number of ether oxygens (including phenoxy) is 1. The standard InChI is InChI=1S/C18H18F3NO2/c1-22(11-15-9-5-6-10-16(15)18(19,20)21)17(23)13-24-12-14-7-3-2-4-8-14/h2-10H,11-13H2,1H3. The molecule has 3 nitrogen and oxygen atoms in total. The van der Waals surface area contributed by atoms with E-state index in [0.717, 1.165) is 11.6 Å². The number of amides is 1. The highest BCUT2D eigenvalue weighted by atomic mass is 19.4. The molecule has 2 rings (SSSR count). The second-order valence-electron chi connectivity index (χ2n) is 5.38. The third-order valence-electron chi connectivity index (χ3n) is 3.49. The number of hydrogen-bond acceptors (Lipinski definition) is 2. The van der Waals surface area contributed by atoms with E-state index in [1.54, 1.807) is 0 Å². The molecule has 128 valence electrons. The van der Waals surface area contributed by atoms with E-state index in [-0.39, 0.29) is 31.2 Å². The van der Waals surface area contributed by atoms with Crippen LogP contribution < -0.4 is 0 Å². The van der Waals surface area contributed by atoms with Gasteiger partial charge in [-0.25, -0.2) is 0 Å². The molecule has 0 radical (unpaired) electrons. The van der Waals surface area contributed by atoms with E-state index in [0.29, 0.717) is 0 Å². The van der Waals surface area contributed by atoms with E-state index in [1.165, 1.54) is 30.1 Å². The van der Waals surface area contributed by atoms with Gasteiger partial charge in [0.25, 0.3) is 0 Å². The highest BCUT2D eigenvalue weighted by Crippen LogP contribution is 2.32. The van der Waals surface area contributed by atoms with Gasteiger partial charge in [-0.05, 0) is 17.2 Å². The summed E-state index contributed by atoms with van der Waals surface area (Å²) in [7, 11) is 1.46. The molecule has 2 aromatic carbocycles. The number of nitrogens with zero attached hydrogens (tertiary/aromatic N) is 1. The molecule has 0 aliphatic heterocycles. The summed E-state index contributed by atoms with van der Waals surface area (Å²) < 4.78 is 44.2. The first-order chi connectivity index (χ1) is 11.4.